The highest BCUT2D eigenvalue weighted by molar-refractivity contribution is 5.93. The largest absolute Gasteiger partial charge is 0.347 e. The first kappa shape index (κ1) is 21.1. The Morgan fingerprint density at radius 3 is 2.50 bits per heavy atom. The summed E-state index contributed by atoms with van der Waals surface area (Å²) in [6.07, 6.45) is 6.16. The molecule has 0 aliphatic rings. The predicted octanol–water partition coefficient (Wildman–Crippen LogP) is 4.51. The highest BCUT2D eigenvalue weighted by Gasteiger charge is 2.15. The van der Waals surface area contributed by atoms with E-state index in [2.05, 4.69) is 37.3 Å². The predicted molar refractivity (Wildman–Crippen MR) is 110 cm³/mol. The molecule has 1 N–H and O–H groups in total. The summed E-state index contributed by atoms with van der Waals surface area (Å²) in [4.78, 5) is 22.9. The van der Waals surface area contributed by atoms with E-state index >= 15 is 0 Å². The van der Waals surface area contributed by atoms with Crippen molar-refractivity contribution < 1.29 is 9.72 Å². The third-order valence-electron chi connectivity index (χ3n) is 4.17. The van der Waals surface area contributed by atoms with Crippen molar-refractivity contribution in [1.82, 2.24) is 15.1 Å². The molecule has 28 heavy (non-hydrogen) atoms. The van der Waals surface area contributed by atoms with Gasteiger partial charge < -0.3 is 5.32 Å². The van der Waals surface area contributed by atoms with Crippen molar-refractivity contribution in [1.29, 1.82) is 0 Å². The number of hydrogen-bond donors (Lipinski definition) is 1. The van der Waals surface area contributed by atoms with Crippen LogP contribution < -0.4 is 5.32 Å². The standard InChI is InChI=1S/C21H26N4O3/c1-15(2)6-5-7-16(3)12-13-22-21(26)20-14-17(4)23-24(20)18-8-10-19(11-9-18)25(27)28/h6,8-12,14H,5,7,13H2,1-4H3,(H,22,26)/b16-12+. The van der Waals surface area contributed by atoms with E-state index in [0.29, 0.717) is 23.6 Å². The normalized spacial score (nSPS) is 11.2. The van der Waals surface area contributed by atoms with Crippen LogP contribution in [0.4, 0.5) is 5.69 Å². The van der Waals surface area contributed by atoms with E-state index in [1.165, 1.54) is 28.0 Å². The first-order valence-corrected chi connectivity index (χ1v) is 9.16. The average molecular weight is 382 g/mol. The molecule has 1 aromatic heterocycles. The van der Waals surface area contributed by atoms with Crippen molar-refractivity contribution in [3.8, 4) is 5.69 Å². The number of nitrogens with zero attached hydrogens (tertiary/aromatic N) is 3. The van der Waals surface area contributed by atoms with Crippen LogP contribution in [0.5, 0.6) is 0 Å². The van der Waals surface area contributed by atoms with Crippen LogP contribution in [0.2, 0.25) is 0 Å². The zero-order chi connectivity index (χ0) is 20.7. The smallest absolute Gasteiger partial charge is 0.270 e. The van der Waals surface area contributed by atoms with Crippen LogP contribution in [0.25, 0.3) is 5.69 Å². The van der Waals surface area contributed by atoms with Gasteiger partial charge in [0.25, 0.3) is 11.6 Å². The second-order valence-corrected chi connectivity index (χ2v) is 6.94. The molecular weight excluding hydrogens is 356 g/mol. The van der Waals surface area contributed by atoms with E-state index in [1.807, 2.05) is 6.08 Å². The van der Waals surface area contributed by atoms with Gasteiger partial charge in [-0.15, -0.1) is 0 Å². The van der Waals surface area contributed by atoms with Gasteiger partial charge in [0.2, 0.25) is 0 Å². The highest BCUT2D eigenvalue weighted by atomic mass is 16.6. The van der Waals surface area contributed by atoms with Gasteiger partial charge in [0.05, 0.1) is 16.3 Å². The molecule has 0 aliphatic heterocycles. The quantitative estimate of drug-likeness (QED) is 0.413. The molecule has 0 atom stereocenters. The molecule has 0 saturated heterocycles. The number of nitrogens with one attached hydrogen (secondary N) is 1. The van der Waals surface area contributed by atoms with Gasteiger partial charge in [-0.05, 0) is 58.7 Å². The fraction of sp³-hybridized carbons (Fsp3) is 0.333. The van der Waals surface area contributed by atoms with Crippen molar-refractivity contribution in [3.63, 3.8) is 0 Å². The number of hydrogen-bond acceptors (Lipinski definition) is 4. The number of nitro groups is 1. The Morgan fingerprint density at radius 2 is 1.89 bits per heavy atom. The number of aromatic nitrogens is 2. The Bertz CT molecular complexity index is 904. The summed E-state index contributed by atoms with van der Waals surface area (Å²) in [6, 6.07) is 7.64. The molecular formula is C21H26N4O3. The van der Waals surface area contributed by atoms with Gasteiger partial charge in [0.15, 0.2) is 0 Å². The molecule has 1 aromatic carbocycles. The number of aryl methyl sites for hydroxylation is 1. The van der Waals surface area contributed by atoms with Crippen molar-refractivity contribution >= 4 is 11.6 Å². The number of non-ortho nitro benzene ring substituents is 1. The zero-order valence-electron chi connectivity index (χ0n) is 16.7. The van der Waals surface area contributed by atoms with E-state index in [-0.39, 0.29) is 11.6 Å². The van der Waals surface area contributed by atoms with Gasteiger partial charge in [-0.2, -0.15) is 5.10 Å². The number of benzene rings is 1. The minimum Gasteiger partial charge on any atom is -0.347 e. The molecule has 0 spiro atoms. The topological polar surface area (TPSA) is 90.1 Å². The molecule has 2 rings (SSSR count). The number of carbonyl (C=O) groups excluding carboxylic acids is 1. The minimum absolute atomic E-state index is 0.00708. The average Bonchev–Trinajstić information content (AvgIpc) is 3.03. The summed E-state index contributed by atoms with van der Waals surface area (Å²) in [5.74, 6) is -0.243. The van der Waals surface area contributed by atoms with Gasteiger partial charge in [-0.3, -0.25) is 14.9 Å². The lowest BCUT2D eigenvalue weighted by Gasteiger charge is -2.08. The molecule has 7 heteroatoms. The molecule has 148 valence electrons. The number of amides is 1. The number of nitro benzene ring substituents is 1. The summed E-state index contributed by atoms with van der Waals surface area (Å²) in [6.45, 7) is 8.44. The SMILES string of the molecule is CC(C)=CCC/C(C)=C/CNC(=O)c1cc(C)nn1-c1ccc([N+](=O)[O-])cc1. The van der Waals surface area contributed by atoms with Crippen LogP contribution in [0, 0.1) is 17.0 Å². The summed E-state index contributed by atoms with van der Waals surface area (Å²) in [5, 5.41) is 18.0. The lowest BCUT2D eigenvalue weighted by atomic mass is 10.1. The molecule has 7 nitrogen and oxygen atoms in total. The molecule has 0 radical (unpaired) electrons. The van der Waals surface area contributed by atoms with Crippen molar-refractivity contribution in [2.24, 2.45) is 0 Å². The molecule has 0 fully saturated rings. The third kappa shape index (κ3) is 5.90. The van der Waals surface area contributed by atoms with Gasteiger partial charge in [0, 0.05) is 18.7 Å². The molecule has 0 aliphatic carbocycles. The van der Waals surface area contributed by atoms with Crippen molar-refractivity contribution in [2.45, 2.75) is 40.5 Å². The number of allylic oxidation sites excluding steroid dienone is 3. The minimum atomic E-state index is -0.460. The van der Waals surface area contributed by atoms with E-state index in [9.17, 15) is 14.9 Å². The summed E-state index contributed by atoms with van der Waals surface area (Å²) >= 11 is 0. The van der Waals surface area contributed by atoms with Crippen LogP contribution in [0.3, 0.4) is 0 Å². The molecule has 2 aromatic rings. The zero-order valence-corrected chi connectivity index (χ0v) is 16.7. The maximum atomic E-state index is 12.6. The fourth-order valence-corrected chi connectivity index (χ4v) is 2.67. The Hall–Kier alpha value is -3.22. The van der Waals surface area contributed by atoms with E-state index < -0.39 is 4.92 Å². The highest BCUT2D eigenvalue weighted by Crippen LogP contribution is 2.17. The third-order valence-corrected chi connectivity index (χ3v) is 4.17. The van der Waals surface area contributed by atoms with Crippen molar-refractivity contribution in [2.75, 3.05) is 6.54 Å². The van der Waals surface area contributed by atoms with Crippen LogP contribution in [0.15, 0.2) is 53.6 Å². The Labute approximate surface area is 164 Å². The van der Waals surface area contributed by atoms with Gasteiger partial charge in [-0.25, -0.2) is 4.68 Å². The first-order valence-electron chi connectivity index (χ1n) is 9.16. The first-order chi connectivity index (χ1) is 13.3. The van der Waals surface area contributed by atoms with Gasteiger partial charge in [0.1, 0.15) is 5.69 Å². The molecule has 0 unspecified atom stereocenters. The molecule has 1 amide bonds. The fourth-order valence-electron chi connectivity index (χ4n) is 2.67. The number of rotatable bonds is 8. The van der Waals surface area contributed by atoms with Crippen LogP contribution in [0.1, 0.15) is 49.8 Å². The Kier molecular flexibility index (Phi) is 7.26. The number of carbonyl (C=O) groups is 1. The Balaban J connectivity index is 2.06. The van der Waals surface area contributed by atoms with Crippen LogP contribution >= 0.6 is 0 Å². The van der Waals surface area contributed by atoms with Gasteiger partial charge in [-0.1, -0.05) is 23.3 Å². The second kappa shape index (κ2) is 9.64. The molecule has 0 saturated carbocycles. The summed E-state index contributed by atoms with van der Waals surface area (Å²) in [5.41, 5.74) is 4.19. The molecule has 1 heterocycles. The monoisotopic (exact) mass is 382 g/mol. The lowest BCUT2D eigenvalue weighted by Crippen LogP contribution is -2.26. The van der Waals surface area contributed by atoms with Crippen LogP contribution in [-0.4, -0.2) is 27.2 Å². The molecule has 0 bridgehead atoms. The Morgan fingerprint density at radius 1 is 1.21 bits per heavy atom. The summed E-state index contributed by atoms with van der Waals surface area (Å²) in [7, 11) is 0. The van der Waals surface area contributed by atoms with E-state index in [0.717, 1.165) is 12.8 Å². The maximum absolute atomic E-state index is 12.6. The summed E-state index contributed by atoms with van der Waals surface area (Å²) < 4.78 is 1.50. The van der Waals surface area contributed by atoms with E-state index in [1.54, 1.807) is 25.1 Å². The second-order valence-electron chi connectivity index (χ2n) is 6.94. The van der Waals surface area contributed by atoms with E-state index in [4.69, 9.17) is 0 Å². The maximum Gasteiger partial charge on any atom is 0.270 e. The lowest BCUT2D eigenvalue weighted by molar-refractivity contribution is -0.384. The van der Waals surface area contributed by atoms with Gasteiger partial charge >= 0.3 is 0 Å². The van der Waals surface area contributed by atoms with Crippen LogP contribution in [-0.2, 0) is 0 Å². The van der Waals surface area contributed by atoms with Crippen molar-refractivity contribution in [3.05, 3.63) is 75.1 Å².